The van der Waals surface area contributed by atoms with Crippen LogP contribution in [-0.4, -0.2) is 29.0 Å². The van der Waals surface area contributed by atoms with Gasteiger partial charge in [0.1, 0.15) is 5.76 Å². The molecule has 0 amide bonds. The van der Waals surface area contributed by atoms with E-state index in [0.29, 0.717) is 24.2 Å². The van der Waals surface area contributed by atoms with Crippen LogP contribution in [0.2, 0.25) is 0 Å². The first-order valence-corrected chi connectivity index (χ1v) is 11.7. The van der Waals surface area contributed by atoms with Crippen molar-refractivity contribution in [3.63, 3.8) is 0 Å². The monoisotopic (exact) mass is 404 g/mol. The van der Waals surface area contributed by atoms with Crippen LogP contribution < -0.4 is 0 Å². The summed E-state index contributed by atoms with van der Waals surface area (Å²) in [5, 5.41) is 0. The Balaban J connectivity index is 1.73. The number of benzene rings is 1. The second-order valence-electron chi connectivity index (χ2n) is 6.63. The van der Waals surface area contributed by atoms with Crippen LogP contribution in [0.5, 0.6) is 0 Å². The van der Waals surface area contributed by atoms with E-state index in [1.54, 1.807) is 0 Å². The van der Waals surface area contributed by atoms with E-state index < -0.39 is 0 Å². The van der Waals surface area contributed by atoms with E-state index in [1.807, 2.05) is 48.3 Å². The molecule has 2 heterocycles. The fourth-order valence-corrected chi connectivity index (χ4v) is 7.60. The summed E-state index contributed by atoms with van der Waals surface area (Å²) in [5.41, 5.74) is 3.95. The van der Waals surface area contributed by atoms with Crippen LogP contribution in [-0.2, 0) is 9.53 Å². The molecule has 26 heavy (non-hydrogen) atoms. The third-order valence-electron chi connectivity index (χ3n) is 4.77. The first-order chi connectivity index (χ1) is 12.5. The lowest BCUT2D eigenvalue weighted by Crippen LogP contribution is -2.14. The van der Waals surface area contributed by atoms with E-state index in [2.05, 4.69) is 6.92 Å². The Bertz CT molecular complexity index is 868. The molecule has 136 valence electrons. The van der Waals surface area contributed by atoms with Gasteiger partial charge in [-0.15, -0.1) is 35.3 Å². The van der Waals surface area contributed by atoms with Gasteiger partial charge in [-0.3, -0.25) is 4.79 Å². The highest BCUT2D eigenvalue weighted by atomic mass is 32.2. The topological polar surface area (TPSA) is 43.4 Å². The van der Waals surface area contributed by atoms with Gasteiger partial charge in [0.2, 0.25) is 0 Å². The molecular formula is C20H20O3S3. The summed E-state index contributed by atoms with van der Waals surface area (Å²) in [7, 11) is 0. The van der Waals surface area contributed by atoms with Crippen LogP contribution in [0.3, 0.4) is 0 Å². The van der Waals surface area contributed by atoms with Gasteiger partial charge in [0.05, 0.1) is 5.56 Å². The number of hydrogen-bond acceptors (Lipinski definition) is 6. The highest BCUT2D eigenvalue weighted by Gasteiger charge is 2.29. The molecule has 0 atom stereocenters. The SMILES string of the molecule is Cc1cc(C(=O)OC2=CC(=O)CCC2)c(C)c2c1SCC1=C2SCCS1. The predicted molar refractivity (Wildman–Crippen MR) is 111 cm³/mol. The largest absolute Gasteiger partial charge is 0.427 e. The average Bonchev–Trinajstić information content (AvgIpc) is 2.63. The zero-order valence-corrected chi connectivity index (χ0v) is 17.3. The molecule has 0 saturated carbocycles. The van der Waals surface area contributed by atoms with E-state index in [1.165, 1.54) is 26.3 Å². The Morgan fingerprint density at radius 2 is 1.92 bits per heavy atom. The Hall–Kier alpha value is -1.11. The molecule has 0 bridgehead atoms. The minimum absolute atomic E-state index is 0.0409. The molecule has 0 saturated heterocycles. The summed E-state index contributed by atoms with van der Waals surface area (Å²) in [6.45, 7) is 4.09. The van der Waals surface area contributed by atoms with Crippen LogP contribution in [0, 0.1) is 13.8 Å². The molecule has 0 fully saturated rings. The minimum Gasteiger partial charge on any atom is -0.427 e. The van der Waals surface area contributed by atoms with E-state index >= 15 is 0 Å². The van der Waals surface area contributed by atoms with Crippen molar-refractivity contribution in [3.8, 4) is 0 Å². The van der Waals surface area contributed by atoms with Crippen molar-refractivity contribution < 1.29 is 14.3 Å². The zero-order chi connectivity index (χ0) is 18.3. The standard InChI is InChI=1S/C20H20O3S3/c1-11-8-15(20(22)23-14-5-3-4-13(21)9-14)12(2)17-18(11)26-10-16-19(17)25-7-6-24-16/h8-9H,3-7,10H2,1-2H3. The third-order valence-corrected chi connectivity index (χ3v) is 8.84. The van der Waals surface area contributed by atoms with Gasteiger partial charge >= 0.3 is 5.97 Å². The minimum atomic E-state index is -0.347. The number of esters is 1. The van der Waals surface area contributed by atoms with Gasteiger partial charge in [-0.05, 0) is 37.5 Å². The second-order valence-corrected chi connectivity index (χ2v) is 9.91. The molecule has 0 N–H and O–H groups in total. The number of aryl methyl sites for hydroxylation is 1. The van der Waals surface area contributed by atoms with Gasteiger partial charge in [-0.2, -0.15) is 0 Å². The first kappa shape index (κ1) is 18.3. The van der Waals surface area contributed by atoms with Crippen LogP contribution in [0.15, 0.2) is 27.7 Å². The summed E-state index contributed by atoms with van der Waals surface area (Å²) < 4.78 is 5.58. The highest BCUT2D eigenvalue weighted by molar-refractivity contribution is 8.14. The van der Waals surface area contributed by atoms with Crippen LogP contribution >= 0.6 is 35.3 Å². The van der Waals surface area contributed by atoms with Gasteiger partial charge in [-0.25, -0.2) is 4.79 Å². The molecule has 3 nitrogen and oxygen atoms in total. The number of rotatable bonds is 2. The molecule has 0 radical (unpaired) electrons. The van der Waals surface area contributed by atoms with Crippen molar-refractivity contribution in [2.75, 3.05) is 17.3 Å². The van der Waals surface area contributed by atoms with Gasteiger partial charge < -0.3 is 4.74 Å². The van der Waals surface area contributed by atoms with Crippen molar-refractivity contribution in [2.24, 2.45) is 0 Å². The number of carbonyl (C=O) groups excluding carboxylic acids is 2. The van der Waals surface area contributed by atoms with Crippen molar-refractivity contribution in [1.29, 1.82) is 0 Å². The number of ether oxygens (including phenoxy) is 1. The lowest BCUT2D eigenvalue weighted by molar-refractivity contribution is -0.115. The molecule has 3 aliphatic rings. The summed E-state index contributed by atoms with van der Waals surface area (Å²) in [6, 6.07) is 1.95. The predicted octanol–water partition coefficient (Wildman–Crippen LogP) is 5.35. The lowest BCUT2D eigenvalue weighted by Gasteiger charge is -2.29. The zero-order valence-electron chi connectivity index (χ0n) is 14.8. The van der Waals surface area contributed by atoms with E-state index in [0.717, 1.165) is 34.8 Å². The number of allylic oxidation sites excluding steroid dienone is 2. The molecule has 1 aromatic carbocycles. The van der Waals surface area contributed by atoms with E-state index in [4.69, 9.17) is 4.74 Å². The summed E-state index contributed by atoms with van der Waals surface area (Å²) in [6.07, 6.45) is 3.42. The van der Waals surface area contributed by atoms with Gasteiger partial charge in [0.15, 0.2) is 5.78 Å². The van der Waals surface area contributed by atoms with Crippen molar-refractivity contribution in [3.05, 3.63) is 45.1 Å². The van der Waals surface area contributed by atoms with Gasteiger partial charge in [0, 0.05) is 56.4 Å². The maximum Gasteiger partial charge on any atom is 0.343 e. The van der Waals surface area contributed by atoms with E-state index in [-0.39, 0.29) is 11.8 Å². The van der Waals surface area contributed by atoms with Crippen molar-refractivity contribution in [1.82, 2.24) is 0 Å². The second kappa shape index (κ2) is 7.49. The number of carbonyl (C=O) groups is 2. The van der Waals surface area contributed by atoms with Crippen LogP contribution in [0.1, 0.15) is 46.3 Å². The third kappa shape index (κ3) is 3.39. The summed E-state index contributed by atoms with van der Waals surface area (Å²) >= 11 is 5.72. The van der Waals surface area contributed by atoms with E-state index in [9.17, 15) is 9.59 Å². The van der Waals surface area contributed by atoms with Gasteiger partial charge in [-0.1, -0.05) is 0 Å². The Labute approximate surface area is 166 Å². The maximum atomic E-state index is 12.8. The molecule has 4 rings (SSSR count). The van der Waals surface area contributed by atoms with Crippen LogP contribution in [0.25, 0.3) is 4.91 Å². The van der Waals surface area contributed by atoms with Crippen LogP contribution in [0.4, 0.5) is 0 Å². The smallest absolute Gasteiger partial charge is 0.343 e. The first-order valence-electron chi connectivity index (χ1n) is 8.76. The fourth-order valence-electron chi connectivity index (χ4n) is 3.49. The Kier molecular flexibility index (Phi) is 5.26. The Morgan fingerprint density at radius 1 is 1.12 bits per heavy atom. The lowest BCUT2D eigenvalue weighted by atomic mass is 9.97. The normalized spacial score (nSPS) is 19.6. The molecule has 2 aliphatic heterocycles. The summed E-state index contributed by atoms with van der Waals surface area (Å²) in [5.74, 6) is 3.48. The number of hydrogen-bond donors (Lipinski definition) is 0. The molecule has 0 spiro atoms. The highest BCUT2D eigenvalue weighted by Crippen LogP contribution is 2.51. The van der Waals surface area contributed by atoms with Gasteiger partial charge in [0.25, 0.3) is 0 Å². The number of thioether (sulfide) groups is 3. The van der Waals surface area contributed by atoms with Crippen molar-refractivity contribution in [2.45, 2.75) is 38.0 Å². The molecular weight excluding hydrogens is 384 g/mol. The Morgan fingerprint density at radius 3 is 2.73 bits per heavy atom. The molecule has 1 aromatic rings. The average molecular weight is 405 g/mol. The molecule has 1 aliphatic carbocycles. The maximum absolute atomic E-state index is 12.8. The number of fused-ring (bicyclic) bond motifs is 2. The molecule has 6 heteroatoms. The molecule has 0 aromatic heterocycles. The fraction of sp³-hybridized carbons (Fsp3) is 0.400. The van der Waals surface area contributed by atoms with Crippen molar-refractivity contribution >= 4 is 51.9 Å². The quantitative estimate of drug-likeness (QED) is 0.619. The summed E-state index contributed by atoms with van der Waals surface area (Å²) in [4.78, 5) is 28.5. The molecule has 0 unspecified atom stereocenters. The number of ketones is 1.